The van der Waals surface area contributed by atoms with Gasteiger partial charge in [0.2, 0.25) is 17.7 Å². The number of hydrogen-bond acceptors (Lipinski definition) is 7. The van der Waals surface area contributed by atoms with Crippen LogP contribution >= 0.6 is 0 Å². The predicted molar refractivity (Wildman–Crippen MR) is 143 cm³/mol. The van der Waals surface area contributed by atoms with Crippen molar-refractivity contribution in [3.8, 4) is 28.7 Å². The Morgan fingerprint density at radius 2 is 1.78 bits per heavy atom. The molecule has 1 unspecified atom stereocenters. The third-order valence-electron chi connectivity index (χ3n) is 7.51. The molecule has 4 aromatic rings. The summed E-state index contributed by atoms with van der Waals surface area (Å²) >= 11 is 0. The van der Waals surface area contributed by atoms with Crippen LogP contribution in [0.2, 0.25) is 0 Å². The summed E-state index contributed by atoms with van der Waals surface area (Å²) in [5.74, 6) is 1.64. The second-order valence-electron chi connectivity index (χ2n) is 10.6. The van der Waals surface area contributed by atoms with E-state index in [1.165, 1.54) is 18.0 Å². The first-order valence-corrected chi connectivity index (χ1v) is 13.5. The summed E-state index contributed by atoms with van der Waals surface area (Å²) in [6.45, 7) is 5.88. The van der Waals surface area contributed by atoms with E-state index in [0.717, 1.165) is 30.3 Å². The van der Waals surface area contributed by atoms with Crippen LogP contribution in [-0.2, 0) is 17.5 Å². The van der Waals surface area contributed by atoms with Gasteiger partial charge in [0, 0.05) is 30.1 Å². The maximum atomic E-state index is 13.4. The zero-order valence-corrected chi connectivity index (χ0v) is 23.1. The lowest BCUT2D eigenvalue weighted by molar-refractivity contribution is -0.141. The molecule has 0 spiro atoms. The Morgan fingerprint density at radius 1 is 1.05 bits per heavy atom. The number of rotatable bonds is 7. The number of benzene rings is 1. The third kappa shape index (κ3) is 4.82. The number of imidazole rings is 1. The summed E-state index contributed by atoms with van der Waals surface area (Å²) < 4.78 is 48.9. The van der Waals surface area contributed by atoms with Crippen molar-refractivity contribution in [2.45, 2.75) is 70.8 Å². The Hall–Kier alpha value is -4.29. The number of alkyl halides is 3. The van der Waals surface area contributed by atoms with E-state index in [4.69, 9.17) is 14.8 Å². The Bertz CT molecular complexity index is 1610. The number of fused-ring (bicyclic) bond motifs is 1. The van der Waals surface area contributed by atoms with Gasteiger partial charge in [0.05, 0.1) is 25.4 Å². The Balaban J connectivity index is 1.33. The minimum atomic E-state index is -4.54. The molecule has 1 atom stereocenters. The van der Waals surface area contributed by atoms with Gasteiger partial charge in [-0.05, 0) is 39.2 Å². The molecule has 1 saturated carbocycles. The zero-order chi connectivity index (χ0) is 29.1. The minimum Gasteiger partial charge on any atom is -0.480 e. The van der Waals surface area contributed by atoms with Gasteiger partial charge in [0.1, 0.15) is 17.7 Å². The molecule has 1 aromatic carbocycles. The van der Waals surface area contributed by atoms with Crippen LogP contribution in [0.5, 0.6) is 5.88 Å². The first kappa shape index (κ1) is 26.9. The quantitative estimate of drug-likeness (QED) is 0.288. The number of carbonyl (C=O) groups excluding carboxylic acids is 1. The Labute approximate surface area is 234 Å². The number of anilines is 1. The van der Waals surface area contributed by atoms with Crippen LogP contribution in [0.3, 0.4) is 0 Å². The second kappa shape index (κ2) is 9.96. The van der Waals surface area contributed by atoms with E-state index >= 15 is 0 Å². The lowest BCUT2D eigenvalue weighted by atomic mass is 10.0. The largest absolute Gasteiger partial charge is 0.480 e. The molecule has 214 valence electrons. The van der Waals surface area contributed by atoms with Crippen LogP contribution in [0, 0.1) is 0 Å². The Kier molecular flexibility index (Phi) is 6.54. The highest BCUT2D eigenvalue weighted by molar-refractivity contribution is 5.94. The standard InChI is InChI=1S/C28H29F3N8O2/c1-15(2)37-13-20(28(29,30)31)34-25(37)19-9-5-17(6-10-19)16(3)39-21(40)11-12-38-27(39)35-24(36-38)22-23(18-7-8-18)32-14-33-26(22)41-4/h5-6,9-10,13-16,18H,7-8,11-12H2,1-4H3. The average molecular weight is 567 g/mol. The van der Waals surface area contributed by atoms with Gasteiger partial charge in [-0.15, -0.1) is 5.10 Å². The SMILES string of the molecule is COc1ncnc(C2CC2)c1-c1nc2n(n1)CCC(=O)N2C(C)c1ccc(-c2nc(C(F)(F)F)cn2C(C)C)cc1. The van der Waals surface area contributed by atoms with Crippen LogP contribution in [0.1, 0.15) is 75.0 Å². The lowest BCUT2D eigenvalue weighted by Crippen LogP contribution is -2.39. The molecule has 0 N–H and O–H groups in total. The maximum absolute atomic E-state index is 13.4. The number of amides is 1. The van der Waals surface area contributed by atoms with Gasteiger partial charge in [0.15, 0.2) is 11.5 Å². The van der Waals surface area contributed by atoms with Crippen molar-refractivity contribution in [2.75, 3.05) is 12.0 Å². The summed E-state index contributed by atoms with van der Waals surface area (Å²) in [4.78, 5) is 32.2. The second-order valence-corrected chi connectivity index (χ2v) is 10.6. The van der Waals surface area contributed by atoms with Gasteiger partial charge < -0.3 is 9.30 Å². The van der Waals surface area contributed by atoms with Crippen LogP contribution in [-0.4, -0.2) is 47.3 Å². The van der Waals surface area contributed by atoms with Crippen molar-refractivity contribution in [1.29, 1.82) is 0 Å². The fourth-order valence-electron chi connectivity index (χ4n) is 5.20. The fraction of sp³-hybridized carbons (Fsp3) is 0.429. The summed E-state index contributed by atoms with van der Waals surface area (Å²) in [6.07, 6.45) is 0.269. The smallest absolute Gasteiger partial charge is 0.434 e. The average Bonchev–Trinajstić information content (AvgIpc) is 3.53. The normalized spacial score (nSPS) is 16.3. The molecule has 2 aliphatic rings. The first-order chi connectivity index (χ1) is 19.6. The van der Waals surface area contributed by atoms with Crippen LogP contribution in [0.4, 0.5) is 19.1 Å². The van der Waals surface area contributed by atoms with E-state index in [0.29, 0.717) is 41.2 Å². The number of carbonyl (C=O) groups is 1. The molecule has 3 aromatic heterocycles. The van der Waals surface area contributed by atoms with Gasteiger partial charge in [-0.2, -0.15) is 18.2 Å². The van der Waals surface area contributed by atoms with Crippen molar-refractivity contribution < 1.29 is 22.7 Å². The summed E-state index contributed by atoms with van der Waals surface area (Å²) in [5, 5.41) is 4.71. The molecule has 13 heteroatoms. The van der Waals surface area contributed by atoms with Crippen molar-refractivity contribution >= 4 is 11.9 Å². The molecule has 1 aliphatic heterocycles. The molecule has 0 bridgehead atoms. The molecule has 1 amide bonds. The lowest BCUT2D eigenvalue weighted by Gasteiger charge is -2.31. The minimum absolute atomic E-state index is 0.100. The number of nitrogens with zero attached hydrogens (tertiary/aromatic N) is 8. The Morgan fingerprint density at radius 3 is 2.41 bits per heavy atom. The number of ether oxygens (including phenoxy) is 1. The van der Waals surface area contributed by atoms with Crippen molar-refractivity contribution in [1.82, 2.24) is 34.3 Å². The van der Waals surface area contributed by atoms with E-state index < -0.39 is 17.9 Å². The molecular formula is C28H29F3N8O2. The van der Waals surface area contributed by atoms with E-state index in [1.807, 2.05) is 6.92 Å². The van der Waals surface area contributed by atoms with Gasteiger partial charge in [-0.1, -0.05) is 24.3 Å². The number of methoxy groups -OCH3 is 1. The molecule has 6 rings (SSSR count). The molecular weight excluding hydrogens is 537 g/mol. The van der Waals surface area contributed by atoms with Crippen LogP contribution < -0.4 is 9.64 Å². The fourth-order valence-corrected chi connectivity index (χ4v) is 5.20. The molecule has 1 fully saturated rings. The van der Waals surface area contributed by atoms with E-state index in [9.17, 15) is 18.0 Å². The summed E-state index contributed by atoms with van der Waals surface area (Å²) in [5.41, 5.74) is 1.89. The van der Waals surface area contributed by atoms with Gasteiger partial charge >= 0.3 is 6.18 Å². The number of hydrogen-bond donors (Lipinski definition) is 0. The summed E-state index contributed by atoms with van der Waals surface area (Å²) in [6, 6.07) is 6.43. The van der Waals surface area contributed by atoms with Crippen LogP contribution in [0.25, 0.3) is 22.8 Å². The monoisotopic (exact) mass is 566 g/mol. The van der Waals surface area contributed by atoms with Crippen molar-refractivity contribution in [3.63, 3.8) is 0 Å². The zero-order valence-electron chi connectivity index (χ0n) is 23.1. The first-order valence-electron chi connectivity index (χ1n) is 13.5. The maximum Gasteiger partial charge on any atom is 0.434 e. The van der Waals surface area contributed by atoms with E-state index in [-0.39, 0.29) is 24.2 Å². The predicted octanol–water partition coefficient (Wildman–Crippen LogP) is 5.58. The van der Waals surface area contributed by atoms with E-state index in [1.54, 1.807) is 47.7 Å². The molecule has 10 nitrogen and oxygen atoms in total. The number of halogens is 3. The molecule has 1 aliphatic carbocycles. The van der Waals surface area contributed by atoms with Gasteiger partial charge in [-0.3, -0.25) is 9.69 Å². The summed E-state index contributed by atoms with van der Waals surface area (Å²) in [7, 11) is 1.54. The topological polar surface area (TPSA) is 104 Å². The highest BCUT2D eigenvalue weighted by Crippen LogP contribution is 2.45. The highest BCUT2D eigenvalue weighted by Gasteiger charge is 2.37. The number of aryl methyl sites for hydroxylation is 1. The third-order valence-corrected chi connectivity index (χ3v) is 7.51. The van der Waals surface area contributed by atoms with Crippen molar-refractivity contribution in [3.05, 3.63) is 53.7 Å². The van der Waals surface area contributed by atoms with Crippen LogP contribution in [0.15, 0.2) is 36.8 Å². The number of aromatic nitrogens is 7. The molecule has 0 saturated heterocycles. The highest BCUT2D eigenvalue weighted by atomic mass is 19.4. The van der Waals surface area contributed by atoms with Gasteiger partial charge in [-0.25, -0.2) is 19.6 Å². The van der Waals surface area contributed by atoms with Crippen molar-refractivity contribution in [2.24, 2.45) is 0 Å². The van der Waals surface area contributed by atoms with Gasteiger partial charge in [0.25, 0.3) is 0 Å². The molecule has 41 heavy (non-hydrogen) atoms. The molecule has 4 heterocycles. The van der Waals surface area contributed by atoms with E-state index in [2.05, 4.69) is 15.0 Å². The molecule has 0 radical (unpaired) electrons.